The number of nitrogens with zero attached hydrogens (tertiary/aromatic N) is 2. The lowest BCUT2D eigenvalue weighted by molar-refractivity contribution is -0.124. The monoisotopic (exact) mass is 309 g/mol. The Morgan fingerprint density at radius 1 is 1.57 bits per heavy atom. The predicted octanol–water partition coefficient (Wildman–Crippen LogP) is 2.80. The molecule has 112 valence electrons. The molecule has 3 rings (SSSR count). The van der Waals surface area contributed by atoms with E-state index in [9.17, 15) is 9.18 Å². The molecule has 0 aliphatic heterocycles. The first-order valence-corrected chi connectivity index (χ1v) is 7.67. The quantitative estimate of drug-likeness (QED) is 0.863. The Balaban J connectivity index is 2.03. The summed E-state index contributed by atoms with van der Waals surface area (Å²) in [6, 6.07) is 4.65. The van der Waals surface area contributed by atoms with E-state index in [4.69, 9.17) is 11.6 Å². The highest BCUT2D eigenvalue weighted by Crippen LogP contribution is 2.25. The Labute approximate surface area is 127 Å². The molecule has 2 aromatic rings. The third kappa shape index (κ3) is 2.75. The molecule has 1 saturated carbocycles. The molecule has 0 bridgehead atoms. The van der Waals surface area contributed by atoms with Crippen molar-refractivity contribution in [2.45, 2.75) is 38.3 Å². The predicted molar refractivity (Wildman–Crippen MR) is 80.0 cm³/mol. The molecule has 0 saturated heterocycles. The largest absolute Gasteiger partial charge is 0.352 e. The maximum absolute atomic E-state index is 13.9. The number of hydrogen-bond donors (Lipinski definition) is 1. The Morgan fingerprint density at radius 3 is 3.00 bits per heavy atom. The fourth-order valence-corrected chi connectivity index (χ4v) is 2.66. The Hall–Kier alpha value is -1.62. The number of halogens is 2. The van der Waals surface area contributed by atoms with E-state index in [1.807, 2.05) is 6.92 Å². The van der Waals surface area contributed by atoms with Crippen molar-refractivity contribution in [3.05, 3.63) is 29.8 Å². The van der Waals surface area contributed by atoms with Crippen LogP contribution in [0, 0.1) is 5.82 Å². The minimum absolute atomic E-state index is 0.0584. The van der Waals surface area contributed by atoms with Crippen LogP contribution in [0.2, 0.25) is 0 Å². The molecule has 1 fully saturated rings. The molecule has 1 unspecified atom stereocenters. The molecule has 1 heterocycles. The third-order valence-electron chi connectivity index (χ3n) is 3.75. The van der Waals surface area contributed by atoms with Gasteiger partial charge in [-0.05, 0) is 31.9 Å². The summed E-state index contributed by atoms with van der Waals surface area (Å²) in [6.07, 6.45) is 2.56. The van der Waals surface area contributed by atoms with Crippen LogP contribution in [0.5, 0.6) is 0 Å². The summed E-state index contributed by atoms with van der Waals surface area (Å²) in [6.45, 7) is 1.81. The number of carbonyl (C=O) groups is 1. The summed E-state index contributed by atoms with van der Waals surface area (Å²) in [5.74, 6) is 0.583. The molecule has 1 aromatic carbocycles. The van der Waals surface area contributed by atoms with Crippen LogP contribution in [-0.4, -0.2) is 27.4 Å². The van der Waals surface area contributed by atoms with E-state index in [0.29, 0.717) is 35.2 Å². The van der Waals surface area contributed by atoms with E-state index in [1.54, 1.807) is 16.7 Å². The molecule has 4 nitrogen and oxygen atoms in total. The summed E-state index contributed by atoms with van der Waals surface area (Å²) < 4.78 is 15.7. The SMILES string of the molecule is CC(C(=O)NC1CC1)n1c(CCCl)nc2c(F)cccc21. The zero-order valence-corrected chi connectivity index (χ0v) is 12.5. The topological polar surface area (TPSA) is 46.9 Å². The maximum atomic E-state index is 13.9. The summed E-state index contributed by atoms with van der Waals surface area (Å²) >= 11 is 5.81. The standard InChI is InChI=1S/C15H17ClFN3O/c1-9(15(21)18-10-5-6-10)20-12-4-2-3-11(17)14(12)19-13(20)7-8-16/h2-4,9-10H,5-8H2,1H3,(H,18,21). The number of imidazole rings is 1. The molecule has 1 atom stereocenters. The molecular weight excluding hydrogens is 293 g/mol. The highest BCUT2D eigenvalue weighted by atomic mass is 35.5. The number of rotatable bonds is 5. The normalized spacial score (nSPS) is 16.1. The van der Waals surface area contributed by atoms with Gasteiger partial charge < -0.3 is 9.88 Å². The molecule has 21 heavy (non-hydrogen) atoms. The number of hydrogen-bond acceptors (Lipinski definition) is 2. The van der Waals surface area contributed by atoms with Crippen LogP contribution in [0.1, 0.15) is 31.6 Å². The number of aromatic nitrogens is 2. The van der Waals surface area contributed by atoms with Gasteiger partial charge in [0.1, 0.15) is 17.4 Å². The van der Waals surface area contributed by atoms with Crippen molar-refractivity contribution in [1.29, 1.82) is 0 Å². The van der Waals surface area contributed by atoms with Crippen molar-refractivity contribution >= 4 is 28.5 Å². The van der Waals surface area contributed by atoms with Gasteiger partial charge in [0.15, 0.2) is 5.82 Å². The highest BCUT2D eigenvalue weighted by molar-refractivity contribution is 6.17. The van der Waals surface area contributed by atoms with Gasteiger partial charge in [-0.2, -0.15) is 0 Å². The van der Waals surface area contributed by atoms with Crippen molar-refractivity contribution < 1.29 is 9.18 Å². The van der Waals surface area contributed by atoms with Crippen molar-refractivity contribution in [2.24, 2.45) is 0 Å². The molecule has 1 N–H and O–H groups in total. The van der Waals surface area contributed by atoms with Gasteiger partial charge in [0.25, 0.3) is 0 Å². The number of amides is 1. The van der Waals surface area contributed by atoms with Gasteiger partial charge in [-0.3, -0.25) is 4.79 Å². The molecule has 0 spiro atoms. The van der Waals surface area contributed by atoms with Crippen LogP contribution < -0.4 is 5.32 Å². The zero-order valence-electron chi connectivity index (χ0n) is 11.8. The van der Waals surface area contributed by atoms with E-state index in [2.05, 4.69) is 10.3 Å². The van der Waals surface area contributed by atoms with Crippen molar-refractivity contribution in [3.8, 4) is 0 Å². The molecule has 1 aliphatic rings. The Kier molecular flexibility index (Phi) is 3.85. The Morgan fingerprint density at radius 2 is 2.33 bits per heavy atom. The van der Waals surface area contributed by atoms with Crippen LogP contribution in [0.4, 0.5) is 4.39 Å². The second-order valence-corrected chi connectivity index (χ2v) is 5.78. The van der Waals surface area contributed by atoms with Gasteiger partial charge in [0.05, 0.1) is 5.52 Å². The van der Waals surface area contributed by atoms with Gasteiger partial charge in [0.2, 0.25) is 5.91 Å². The van der Waals surface area contributed by atoms with E-state index < -0.39 is 6.04 Å². The van der Waals surface area contributed by atoms with E-state index in [1.165, 1.54) is 6.07 Å². The minimum atomic E-state index is -0.435. The summed E-state index contributed by atoms with van der Waals surface area (Å²) in [4.78, 5) is 16.6. The van der Waals surface area contributed by atoms with Gasteiger partial charge in [0, 0.05) is 18.3 Å². The van der Waals surface area contributed by atoms with Gasteiger partial charge >= 0.3 is 0 Å². The summed E-state index contributed by atoms with van der Waals surface area (Å²) in [5.41, 5.74) is 0.928. The second kappa shape index (κ2) is 5.64. The molecule has 0 radical (unpaired) electrons. The van der Waals surface area contributed by atoms with Crippen LogP contribution in [-0.2, 0) is 11.2 Å². The van der Waals surface area contributed by atoms with Crippen LogP contribution >= 0.6 is 11.6 Å². The number of nitrogens with one attached hydrogen (secondary N) is 1. The van der Waals surface area contributed by atoms with Crippen LogP contribution in [0.3, 0.4) is 0 Å². The fraction of sp³-hybridized carbons (Fsp3) is 0.467. The van der Waals surface area contributed by atoms with Crippen molar-refractivity contribution in [3.63, 3.8) is 0 Å². The zero-order chi connectivity index (χ0) is 15.0. The second-order valence-electron chi connectivity index (χ2n) is 5.40. The van der Waals surface area contributed by atoms with Crippen LogP contribution in [0.15, 0.2) is 18.2 Å². The summed E-state index contributed by atoms with van der Waals surface area (Å²) in [7, 11) is 0. The highest BCUT2D eigenvalue weighted by Gasteiger charge is 2.28. The fourth-order valence-electron chi connectivity index (χ4n) is 2.49. The Bertz CT molecular complexity index is 681. The molecule has 1 amide bonds. The maximum Gasteiger partial charge on any atom is 0.243 e. The van der Waals surface area contributed by atoms with Gasteiger partial charge in [-0.25, -0.2) is 9.37 Å². The lowest BCUT2D eigenvalue weighted by atomic mass is 10.2. The van der Waals surface area contributed by atoms with E-state index >= 15 is 0 Å². The van der Waals surface area contributed by atoms with Crippen molar-refractivity contribution in [2.75, 3.05) is 5.88 Å². The number of alkyl halides is 1. The molecule has 1 aromatic heterocycles. The first kappa shape index (κ1) is 14.3. The molecule has 1 aliphatic carbocycles. The average molecular weight is 310 g/mol. The van der Waals surface area contributed by atoms with E-state index in [-0.39, 0.29) is 11.7 Å². The van der Waals surface area contributed by atoms with Crippen LogP contribution in [0.25, 0.3) is 11.0 Å². The first-order valence-electron chi connectivity index (χ1n) is 7.13. The number of carbonyl (C=O) groups excluding carboxylic acids is 1. The van der Waals surface area contributed by atoms with E-state index in [0.717, 1.165) is 12.8 Å². The smallest absolute Gasteiger partial charge is 0.243 e. The summed E-state index contributed by atoms with van der Waals surface area (Å²) in [5, 5.41) is 2.98. The number of benzene rings is 1. The lowest BCUT2D eigenvalue weighted by Crippen LogP contribution is -2.33. The average Bonchev–Trinajstić information content (AvgIpc) is 3.18. The number of para-hydroxylation sites is 1. The minimum Gasteiger partial charge on any atom is -0.352 e. The number of fused-ring (bicyclic) bond motifs is 1. The van der Waals surface area contributed by atoms with Crippen molar-refractivity contribution in [1.82, 2.24) is 14.9 Å². The first-order chi connectivity index (χ1) is 10.1. The third-order valence-corrected chi connectivity index (χ3v) is 3.94. The molecule has 6 heteroatoms. The lowest BCUT2D eigenvalue weighted by Gasteiger charge is -2.17. The number of aryl methyl sites for hydroxylation is 1. The molecular formula is C15H17ClFN3O. The van der Waals surface area contributed by atoms with Gasteiger partial charge in [-0.1, -0.05) is 6.07 Å². The van der Waals surface area contributed by atoms with Gasteiger partial charge in [-0.15, -0.1) is 11.6 Å².